The van der Waals surface area contributed by atoms with Gasteiger partial charge in [0.15, 0.2) is 0 Å². The van der Waals surface area contributed by atoms with Crippen LogP contribution in [0.15, 0.2) is 42.5 Å². The molecule has 2 unspecified atom stereocenters. The van der Waals surface area contributed by atoms with Crippen LogP contribution in [0.5, 0.6) is 5.75 Å². The fourth-order valence-corrected chi connectivity index (χ4v) is 3.62. The quantitative estimate of drug-likeness (QED) is 0.812. The second-order valence-electron chi connectivity index (χ2n) is 6.11. The van der Waals surface area contributed by atoms with Crippen LogP contribution < -0.4 is 10.1 Å². The monoisotopic (exact) mass is 393 g/mol. The van der Waals surface area contributed by atoms with Gasteiger partial charge in [0.05, 0.1) is 12.5 Å². The van der Waals surface area contributed by atoms with Gasteiger partial charge in [0.1, 0.15) is 11.8 Å². The summed E-state index contributed by atoms with van der Waals surface area (Å²) in [6.07, 6.45) is 0.588. The minimum Gasteiger partial charge on any atom is -0.493 e. The van der Waals surface area contributed by atoms with Gasteiger partial charge in [0.2, 0.25) is 5.91 Å². The van der Waals surface area contributed by atoms with Crippen LogP contribution >= 0.6 is 23.2 Å². The third kappa shape index (κ3) is 4.29. The second-order valence-corrected chi connectivity index (χ2v) is 6.98. The summed E-state index contributed by atoms with van der Waals surface area (Å²) in [4.78, 5) is 24.3. The number of carboxylic acid groups (broad SMARTS) is 1. The van der Waals surface area contributed by atoms with Crippen molar-refractivity contribution in [3.05, 3.63) is 63.6 Å². The first-order valence-corrected chi connectivity index (χ1v) is 8.89. The summed E-state index contributed by atoms with van der Waals surface area (Å²) in [7, 11) is 0. The topological polar surface area (TPSA) is 75.6 Å². The third-order valence-electron chi connectivity index (χ3n) is 4.25. The Labute approximate surface area is 160 Å². The van der Waals surface area contributed by atoms with Gasteiger partial charge >= 0.3 is 5.97 Å². The number of carbonyl (C=O) groups is 2. The van der Waals surface area contributed by atoms with E-state index in [0.29, 0.717) is 34.4 Å². The molecule has 1 heterocycles. The molecule has 2 aromatic rings. The van der Waals surface area contributed by atoms with E-state index in [4.69, 9.17) is 27.9 Å². The van der Waals surface area contributed by atoms with Gasteiger partial charge in [-0.15, -0.1) is 0 Å². The second kappa shape index (κ2) is 7.98. The summed E-state index contributed by atoms with van der Waals surface area (Å²) in [5.74, 6) is -1.23. The van der Waals surface area contributed by atoms with Crippen LogP contribution in [0.25, 0.3) is 0 Å². The maximum atomic E-state index is 12.7. The normalized spacial score (nSPS) is 16.9. The van der Waals surface area contributed by atoms with Gasteiger partial charge in [-0.2, -0.15) is 0 Å². The van der Waals surface area contributed by atoms with Crippen molar-refractivity contribution in [3.63, 3.8) is 0 Å². The third-order valence-corrected chi connectivity index (χ3v) is 4.69. The van der Waals surface area contributed by atoms with E-state index in [2.05, 4.69) is 5.32 Å². The number of amides is 1. The molecule has 3 rings (SSSR count). The Morgan fingerprint density at radius 3 is 2.58 bits per heavy atom. The minimum absolute atomic E-state index is 0.0895. The predicted molar refractivity (Wildman–Crippen MR) is 99.0 cm³/mol. The van der Waals surface area contributed by atoms with Gasteiger partial charge in [-0.1, -0.05) is 41.4 Å². The first-order chi connectivity index (χ1) is 12.4. The molecule has 7 heteroatoms. The number of halogens is 2. The molecule has 0 saturated carbocycles. The number of aliphatic carboxylic acids is 1. The van der Waals surface area contributed by atoms with Gasteiger partial charge in [-0.05, 0) is 36.2 Å². The molecule has 26 heavy (non-hydrogen) atoms. The van der Waals surface area contributed by atoms with E-state index >= 15 is 0 Å². The number of carboxylic acids is 1. The van der Waals surface area contributed by atoms with Crippen molar-refractivity contribution < 1.29 is 19.4 Å². The molecule has 0 bridgehead atoms. The molecule has 1 aliphatic rings. The molecular weight excluding hydrogens is 377 g/mol. The Kier molecular flexibility index (Phi) is 5.69. The van der Waals surface area contributed by atoms with Crippen molar-refractivity contribution in [1.82, 2.24) is 5.32 Å². The lowest BCUT2D eigenvalue weighted by molar-refractivity contribution is -0.142. The summed E-state index contributed by atoms with van der Waals surface area (Å²) >= 11 is 11.9. The molecule has 1 aliphatic heterocycles. The highest BCUT2D eigenvalue weighted by Crippen LogP contribution is 2.33. The number of para-hydroxylation sites is 1. The van der Waals surface area contributed by atoms with Crippen LogP contribution in [0.3, 0.4) is 0 Å². The van der Waals surface area contributed by atoms with E-state index in [-0.39, 0.29) is 12.3 Å². The molecule has 0 spiro atoms. The molecule has 2 N–H and O–H groups in total. The van der Waals surface area contributed by atoms with Crippen LogP contribution in [-0.4, -0.2) is 29.6 Å². The predicted octanol–water partition coefficient (Wildman–Crippen LogP) is 3.67. The lowest BCUT2D eigenvalue weighted by Crippen LogP contribution is -2.45. The molecule has 1 amide bonds. The fraction of sp³-hybridized carbons (Fsp3) is 0.263. The van der Waals surface area contributed by atoms with Crippen LogP contribution in [0.1, 0.15) is 23.5 Å². The molecule has 2 aromatic carbocycles. The fourth-order valence-electron chi connectivity index (χ4n) is 3.05. The number of nitrogens with one attached hydrogen (secondary N) is 1. The Bertz CT molecular complexity index is 820. The molecule has 136 valence electrons. The number of carbonyl (C=O) groups excluding carboxylic acids is 1. The summed E-state index contributed by atoms with van der Waals surface area (Å²) in [6.45, 7) is 0.413. The molecule has 0 saturated heterocycles. The maximum Gasteiger partial charge on any atom is 0.326 e. The molecule has 0 aliphatic carbocycles. The average Bonchev–Trinajstić information content (AvgIpc) is 2.59. The van der Waals surface area contributed by atoms with Crippen LogP contribution in [0.2, 0.25) is 10.0 Å². The summed E-state index contributed by atoms with van der Waals surface area (Å²) in [5, 5.41) is 13.0. The highest BCUT2D eigenvalue weighted by molar-refractivity contribution is 6.34. The molecular formula is C19H17Cl2NO4. The standard InChI is InChI=1S/C19H17Cl2NO4/c20-12-7-11(8-13(21)10-12)9-16(19(24)25)22-18(23)15-5-6-26-17-4-2-1-3-14(15)17/h1-4,7-8,10,15-16H,5-6,9H2,(H,22,23)(H,24,25). The summed E-state index contributed by atoms with van der Waals surface area (Å²) in [5.41, 5.74) is 1.41. The van der Waals surface area contributed by atoms with Crippen LogP contribution in [-0.2, 0) is 16.0 Å². The SMILES string of the molecule is O=C(O)C(Cc1cc(Cl)cc(Cl)c1)NC(=O)C1CCOc2ccccc21. The van der Waals surface area contributed by atoms with E-state index in [0.717, 1.165) is 5.56 Å². The van der Waals surface area contributed by atoms with Crippen molar-refractivity contribution in [2.75, 3.05) is 6.61 Å². The van der Waals surface area contributed by atoms with E-state index in [1.54, 1.807) is 24.3 Å². The first-order valence-electron chi connectivity index (χ1n) is 8.14. The van der Waals surface area contributed by atoms with Gasteiger partial charge < -0.3 is 15.2 Å². The largest absolute Gasteiger partial charge is 0.493 e. The number of hydrogen-bond acceptors (Lipinski definition) is 3. The number of fused-ring (bicyclic) bond motifs is 1. The Balaban J connectivity index is 1.76. The molecule has 5 nitrogen and oxygen atoms in total. The average molecular weight is 394 g/mol. The maximum absolute atomic E-state index is 12.7. The van der Waals surface area contributed by atoms with Gasteiger partial charge in [0, 0.05) is 22.0 Å². The molecule has 0 aromatic heterocycles. The zero-order chi connectivity index (χ0) is 18.7. The van der Waals surface area contributed by atoms with E-state index in [1.165, 1.54) is 0 Å². The van der Waals surface area contributed by atoms with Crippen LogP contribution in [0.4, 0.5) is 0 Å². The highest BCUT2D eigenvalue weighted by Gasteiger charge is 2.30. The lowest BCUT2D eigenvalue weighted by atomic mass is 9.92. The summed E-state index contributed by atoms with van der Waals surface area (Å²) < 4.78 is 5.55. The number of ether oxygens (including phenoxy) is 1. The number of hydrogen-bond donors (Lipinski definition) is 2. The Morgan fingerprint density at radius 1 is 1.19 bits per heavy atom. The zero-order valence-corrected chi connectivity index (χ0v) is 15.3. The Morgan fingerprint density at radius 2 is 1.88 bits per heavy atom. The number of rotatable bonds is 5. The molecule has 0 radical (unpaired) electrons. The van der Waals surface area contributed by atoms with E-state index < -0.39 is 17.9 Å². The molecule has 0 fully saturated rings. The number of benzene rings is 2. The van der Waals surface area contributed by atoms with Crippen LogP contribution in [0, 0.1) is 0 Å². The highest BCUT2D eigenvalue weighted by atomic mass is 35.5. The van der Waals surface area contributed by atoms with Crippen molar-refractivity contribution in [2.45, 2.75) is 24.8 Å². The van der Waals surface area contributed by atoms with E-state index in [1.807, 2.05) is 18.2 Å². The first kappa shape index (κ1) is 18.5. The van der Waals surface area contributed by atoms with E-state index in [9.17, 15) is 14.7 Å². The van der Waals surface area contributed by atoms with Crippen molar-refractivity contribution in [1.29, 1.82) is 0 Å². The zero-order valence-electron chi connectivity index (χ0n) is 13.7. The van der Waals surface area contributed by atoms with Crippen molar-refractivity contribution in [2.24, 2.45) is 0 Å². The van der Waals surface area contributed by atoms with Gasteiger partial charge in [-0.3, -0.25) is 4.79 Å². The van der Waals surface area contributed by atoms with Crippen molar-refractivity contribution >= 4 is 35.1 Å². The summed E-state index contributed by atoms with van der Waals surface area (Å²) in [6, 6.07) is 11.1. The smallest absolute Gasteiger partial charge is 0.326 e. The Hall–Kier alpha value is -2.24. The lowest BCUT2D eigenvalue weighted by Gasteiger charge is -2.26. The minimum atomic E-state index is -1.12. The van der Waals surface area contributed by atoms with Gasteiger partial charge in [0.25, 0.3) is 0 Å². The molecule has 2 atom stereocenters. The van der Waals surface area contributed by atoms with Crippen molar-refractivity contribution in [3.8, 4) is 5.75 Å². The van der Waals surface area contributed by atoms with Gasteiger partial charge in [-0.25, -0.2) is 4.79 Å².